The summed E-state index contributed by atoms with van der Waals surface area (Å²) in [5.74, 6) is 2.79. The molecule has 1 amide bonds. The summed E-state index contributed by atoms with van der Waals surface area (Å²) in [7, 11) is 1.68. The van der Waals surface area contributed by atoms with Crippen LogP contribution in [0.25, 0.3) is 0 Å². The van der Waals surface area contributed by atoms with Crippen LogP contribution < -0.4 is 10.1 Å². The highest BCUT2D eigenvalue weighted by Crippen LogP contribution is 2.42. The molecule has 2 atom stereocenters. The van der Waals surface area contributed by atoms with Gasteiger partial charge in [-0.25, -0.2) is 0 Å². The Hall–Kier alpha value is -2.37. The van der Waals surface area contributed by atoms with E-state index in [1.165, 1.54) is 12.1 Å². The van der Waals surface area contributed by atoms with Gasteiger partial charge >= 0.3 is 0 Å². The fraction of sp³-hybridized carbons (Fsp3) is 0.536. The minimum Gasteiger partial charge on any atom is -0.497 e. The highest BCUT2D eigenvalue weighted by molar-refractivity contribution is 5.85. The van der Waals surface area contributed by atoms with Crippen LogP contribution in [0.1, 0.15) is 31.7 Å². The van der Waals surface area contributed by atoms with Gasteiger partial charge in [-0.1, -0.05) is 55.5 Å². The van der Waals surface area contributed by atoms with Crippen LogP contribution in [0.15, 0.2) is 60.7 Å². The highest BCUT2D eigenvalue weighted by Gasteiger charge is 2.48. The van der Waals surface area contributed by atoms with E-state index in [1.54, 1.807) is 7.11 Å². The molecular weight excluding hydrogens is 410 g/mol. The zero-order chi connectivity index (χ0) is 23.1. The van der Waals surface area contributed by atoms with Crippen LogP contribution in [0.2, 0.25) is 0 Å². The lowest BCUT2D eigenvalue weighted by molar-refractivity contribution is -0.139. The van der Waals surface area contributed by atoms with Crippen LogP contribution in [0.3, 0.4) is 0 Å². The second-order valence-corrected chi connectivity index (χ2v) is 9.96. The average Bonchev–Trinajstić information content (AvgIpc) is 3.40. The molecule has 0 aliphatic carbocycles. The molecule has 3 aliphatic rings. The van der Waals surface area contributed by atoms with Crippen LogP contribution in [-0.2, 0) is 11.3 Å². The van der Waals surface area contributed by atoms with Crippen LogP contribution >= 0.6 is 0 Å². The Bertz CT molecular complexity index is 836. The molecule has 0 bridgehead atoms. The Morgan fingerprint density at radius 2 is 1.55 bits per heavy atom. The molecule has 3 fully saturated rings. The van der Waals surface area contributed by atoms with E-state index in [2.05, 4.69) is 34.2 Å². The summed E-state index contributed by atoms with van der Waals surface area (Å²) >= 11 is 0. The molecule has 0 aromatic heterocycles. The molecule has 2 aromatic rings. The predicted molar refractivity (Wildman–Crippen MR) is 133 cm³/mol. The van der Waals surface area contributed by atoms with Crippen LogP contribution in [0, 0.1) is 17.3 Å². The van der Waals surface area contributed by atoms with Crippen molar-refractivity contribution in [3.8, 4) is 5.75 Å². The summed E-state index contributed by atoms with van der Waals surface area (Å²) in [6.45, 7) is 9.62. The Morgan fingerprint density at radius 3 is 2.09 bits per heavy atom. The molecule has 0 saturated carbocycles. The third-order valence-electron chi connectivity index (χ3n) is 7.78. The monoisotopic (exact) mass is 449 g/mol. The maximum absolute atomic E-state index is 13.2. The standard InChI is InChI=1S/C22H33N3O2.C6H6/c1-17-13-23-14-19(17)16-24-10-7-22(8-11-24)9-12-25(21(22)26)15-18-3-5-20(27-2)6-4-18;1-2-4-6-5-3-1/h3-6,17,19,23H,7-16H2,1-2H3;1-6H/t17?,19-;/m1./s1. The molecule has 33 heavy (non-hydrogen) atoms. The normalized spacial score (nSPS) is 24.5. The van der Waals surface area contributed by atoms with Crippen molar-refractivity contribution in [2.45, 2.75) is 32.7 Å². The van der Waals surface area contributed by atoms with Crippen molar-refractivity contribution >= 4 is 5.91 Å². The first kappa shape index (κ1) is 23.8. The van der Waals surface area contributed by atoms with Crippen molar-refractivity contribution in [3.63, 3.8) is 0 Å². The third kappa shape index (κ3) is 5.96. The van der Waals surface area contributed by atoms with Gasteiger partial charge in [0.15, 0.2) is 0 Å². The van der Waals surface area contributed by atoms with Crippen molar-refractivity contribution in [2.75, 3.05) is 46.4 Å². The summed E-state index contributed by atoms with van der Waals surface area (Å²) in [6, 6.07) is 20.1. The van der Waals surface area contributed by atoms with Crippen LogP contribution in [-0.4, -0.2) is 62.1 Å². The van der Waals surface area contributed by atoms with Crippen molar-refractivity contribution in [1.29, 1.82) is 0 Å². The molecule has 5 heteroatoms. The largest absolute Gasteiger partial charge is 0.497 e. The molecule has 0 radical (unpaired) electrons. The number of nitrogens with one attached hydrogen (secondary N) is 1. The van der Waals surface area contributed by atoms with E-state index in [4.69, 9.17) is 4.74 Å². The lowest BCUT2D eigenvalue weighted by atomic mass is 9.77. The molecule has 1 spiro atoms. The lowest BCUT2D eigenvalue weighted by Gasteiger charge is -2.39. The van der Waals surface area contributed by atoms with Crippen molar-refractivity contribution in [3.05, 3.63) is 66.2 Å². The first-order valence-corrected chi connectivity index (χ1v) is 12.4. The topological polar surface area (TPSA) is 44.8 Å². The second-order valence-electron chi connectivity index (χ2n) is 9.96. The Balaban J connectivity index is 0.000000376. The van der Waals surface area contributed by atoms with Crippen molar-refractivity contribution in [1.82, 2.24) is 15.1 Å². The van der Waals surface area contributed by atoms with Gasteiger partial charge in [-0.05, 0) is 75.0 Å². The number of carbonyl (C=O) groups excluding carboxylic acids is 1. The first-order valence-electron chi connectivity index (χ1n) is 12.4. The number of hydrogen-bond donors (Lipinski definition) is 1. The van der Waals surface area contributed by atoms with Crippen LogP contribution in [0.5, 0.6) is 5.75 Å². The zero-order valence-electron chi connectivity index (χ0n) is 20.2. The number of piperidine rings is 1. The maximum atomic E-state index is 13.2. The minimum absolute atomic E-state index is 0.0947. The van der Waals surface area contributed by atoms with E-state index < -0.39 is 0 Å². The molecule has 3 aliphatic heterocycles. The van der Waals surface area contributed by atoms with E-state index in [-0.39, 0.29) is 5.41 Å². The molecule has 3 saturated heterocycles. The van der Waals surface area contributed by atoms with E-state index in [9.17, 15) is 4.79 Å². The quantitative estimate of drug-likeness (QED) is 0.748. The van der Waals surface area contributed by atoms with Gasteiger partial charge in [-0.15, -0.1) is 0 Å². The maximum Gasteiger partial charge on any atom is 0.229 e. The number of carbonyl (C=O) groups is 1. The molecular formula is C28H39N3O2. The summed E-state index contributed by atoms with van der Waals surface area (Å²) < 4.78 is 5.23. The van der Waals surface area contributed by atoms with Gasteiger partial charge in [-0.2, -0.15) is 0 Å². The predicted octanol–water partition coefficient (Wildman–Crippen LogP) is 4.05. The summed E-state index contributed by atoms with van der Waals surface area (Å²) in [5.41, 5.74) is 1.09. The second kappa shape index (κ2) is 11.2. The lowest BCUT2D eigenvalue weighted by Crippen LogP contribution is -2.46. The van der Waals surface area contributed by atoms with Crippen molar-refractivity contribution < 1.29 is 9.53 Å². The van der Waals surface area contributed by atoms with E-state index in [1.807, 2.05) is 48.5 Å². The van der Waals surface area contributed by atoms with Gasteiger partial charge in [0.2, 0.25) is 5.91 Å². The third-order valence-corrected chi connectivity index (χ3v) is 7.78. The highest BCUT2D eigenvalue weighted by atomic mass is 16.5. The summed E-state index contributed by atoms with van der Waals surface area (Å²) in [5, 5.41) is 3.51. The molecule has 5 nitrogen and oxygen atoms in total. The molecule has 2 aromatic carbocycles. The molecule has 5 rings (SSSR count). The number of hydrogen-bond acceptors (Lipinski definition) is 4. The smallest absolute Gasteiger partial charge is 0.229 e. The zero-order valence-corrected chi connectivity index (χ0v) is 20.2. The molecule has 3 heterocycles. The van der Waals surface area contributed by atoms with Gasteiger partial charge in [0.1, 0.15) is 5.75 Å². The first-order chi connectivity index (χ1) is 16.1. The molecule has 178 valence electrons. The number of rotatable bonds is 5. The van der Waals surface area contributed by atoms with E-state index in [0.717, 1.165) is 76.1 Å². The van der Waals surface area contributed by atoms with Crippen molar-refractivity contribution in [2.24, 2.45) is 17.3 Å². The molecule has 1 N–H and O–H groups in total. The van der Waals surface area contributed by atoms with Gasteiger partial charge in [0.05, 0.1) is 12.5 Å². The van der Waals surface area contributed by atoms with Gasteiger partial charge in [0, 0.05) is 19.6 Å². The van der Waals surface area contributed by atoms with Crippen LogP contribution in [0.4, 0.5) is 0 Å². The van der Waals surface area contributed by atoms with Gasteiger partial charge < -0.3 is 19.9 Å². The number of amides is 1. The van der Waals surface area contributed by atoms with Gasteiger partial charge in [-0.3, -0.25) is 4.79 Å². The fourth-order valence-electron chi connectivity index (χ4n) is 5.45. The number of likely N-dealkylation sites (tertiary alicyclic amines) is 2. The number of nitrogens with zero attached hydrogens (tertiary/aromatic N) is 2. The SMILES string of the molecule is COc1ccc(CN2CCC3(CCN(C[C@H]4CNCC4C)CC3)C2=O)cc1.c1ccccc1. The fourth-order valence-corrected chi connectivity index (χ4v) is 5.45. The Morgan fingerprint density at radius 1 is 0.939 bits per heavy atom. The average molecular weight is 450 g/mol. The number of methoxy groups -OCH3 is 1. The number of benzene rings is 2. The molecule has 1 unspecified atom stereocenters. The minimum atomic E-state index is -0.0947. The summed E-state index contributed by atoms with van der Waals surface area (Å²) in [6.07, 6.45) is 3.08. The van der Waals surface area contributed by atoms with E-state index >= 15 is 0 Å². The van der Waals surface area contributed by atoms with E-state index in [0.29, 0.717) is 5.91 Å². The summed E-state index contributed by atoms with van der Waals surface area (Å²) in [4.78, 5) is 17.9. The Kier molecular flexibility index (Phi) is 8.05. The van der Waals surface area contributed by atoms with Gasteiger partial charge in [0.25, 0.3) is 0 Å². The number of ether oxygens (including phenoxy) is 1. The Labute approximate surface area is 199 Å².